The van der Waals surface area contributed by atoms with Crippen molar-refractivity contribution in [1.29, 1.82) is 0 Å². The number of halogens is 1. The van der Waals surface area contributed by atoms with Crippen LogP contribution in [0.1, 0.15) is 32.1 Å². The zero-order chi connectivity index (χ0) is 15.4. The number of carbonyl (C=O) groups is 1. The summed E-state index contributed by atoms with van der Waals surface area (Å²) in [5.74, 6) is -1.42. The third-order valence-electron chi connectivity index (χ3n) is 3.76. The van der Waals surface area contributed by atoms with Crippen molar-refractivity contribution in [2.45, 2.75) is 38.1 Å². The van der Waals surface area contributed by atoms with Crippen LogP contribution in [0.25, 0.3) is 0 Å². The van der Waals surface area contributed by atoms with Crippen molar-refractivity contribution >= 4 is 17.3 Å². The van der Waals surface area contributed by atoms with Gasteiger partial charge in [-0.1, -0.05) is 0 Å². The van der Waals surface area contributed by atoms with Crippen molar-refractivity contribution in [3.05, 3.63) is 34.1 Å². The number of hydrogen-bond acceptors (Lipinski definition) is 4. The fraction of sp³-hybridized carbons (Fsp3) is 0.500. The van der Waals surface area contributed by atoms with Gasteiger partial charge < -0.3 is 10.0 Å². The highest BCUT2D eigenvalue weighted by Crippen LogP contribution is 2.34. The lowest BCUT2D eigenvalue weighted by Gasteiger charge is -2.37. The lowest BCUT2D eigenvalue weighted by molar-refractivity contribution is -0.384. The van der Waals surface area contributed by atoms with Crippen molar-refractivity contribution in [1.82, 2.24) is 0 Å². The van der Waals surface area contributed by atoms with Crippen LogP contribution in [-0.2, 0) is 4.79 Å². The molecular weight excluding hydrogens is 279 g/mol. The Balaban J connectivity index is 2.30. The number of nitro groups is 1. The van der Waals surface area contributed by atoms with Gasteiger partial charge in [0.2, 0.25) is 0 Å². The lowest BCUT2D eigenvalue weighted by Crippen LogP contribution is -2.40. The molecule has 0 amide bonds. The van der Waals surface area contributed by atoms with Gasteiger partial charge in [-0.05, 0) is 31.7 Å². The predicted molar refractivity (Wildman–Crippen MR) is 74.9 cm³/mol. The van der Waals surface area contributed by atoms with E-state index in [1.54, 1.807) is 4.90 Å². The molecule has 0 saturated carbocycles. The molecule has 1 N–H and O–H groups in total. The van der Waals surface area contributed by atoms with Gasteiger partial charge in [-0.25, -0.2) is 4.39 Å². The molecule has 1 heterocycles. The fourth-order valence-electron chi connectivity index (χ4n) is 2.79. The Kier molecular flexibility index (Phi) is 4.72. The summed E-state index contributed by atoms with van der Waals surface area (Å²) in [6.45, 7) is 0.578. The number of benzene rings is 1. The van der Waals surface area contributed by atoms with Crippen LogP contribution in [0, 0.1) is 15.9 Å². The van der Waals surface area contributed by atoms with Gasteiger partial charge in [0.25, 0.3) is 5.69 Å². The summed E-state index contributed by atoms with van der Waals surface area (Å²) in [4.78, 5) is 23.1. The molecule has 1 aromatic rings. The Morgan fingerprint density at radius 3 is 2.90 bits per heavy atom. The number of anilines is 1. The molecular formula is C14H17FN2O4. The first-order valence-corrected chi connectivity index (χ1v) is 6.91. The predicted octanol–water partition coefficient (Wildman–Crippen LogP) is 2.96. The van der Waals surface area contributed by atoms with Gasteiger partial charge in [0, 0.05) is 31.1 Å². The standard InChI is InChI=1S/C14H17FN2O4/c15-10-4-6-12(17(20)21)13(9-10)16-8-2-1-3-11(16)5-7-14(18)19/h4,6,9,11H,1-3,5,7-8H2,(H,18,19). The smallest absolute Gasteiger partial charge is 0.303 e. The average molecular weight is 296 g/mol. The number of carboxylic acids is 1. The van der Waals surface area contributed by atoms with E-state index in [-0.39, 0.29) is 23.8 Å². The molecule has 1 aliphatic heterocycles. The number of hydrogen-bond donors (Lipinski definition) is 1. The van der Waals surface area contributed by atoms with Gasteiger partial charge in [-0.15, -0.1) is 0 Å². The van der Waals surface area contributed by atoms with Gasteiger partial charge in [-0.3, -0.25) is 14.9 Å². The SMILES string of the molecule is O=C(O)CCC1CCCCN1c1cc(F)ccc1[N+](=O)[O-]. The van der Waals surface area contributed by atoms with E-state index in [4.69, 9.17) is 5.11 Å². The van der Waals surface area contributed by atoms with Gasteiger partial charge >= 0.3 is 5.97 Å². The fourth-order valence-corrected chi connectivity index (χ4v) is 2.79. The lowest BCUT2D eigenvalue weighted by atomic mass is 9.97. The Morgan fingerprint density at radius 2 is 2.24 bits per heavy atom. The van der Waals surface area contributed by atoms with Gasteiger partial charge in [-0.2, -0.15) is 0 Å². The maximum Gasteiger partial charge on any atom is 0.303 e. The zero-order valence-electron chi connectivity index (χ0n) is 11.5. The van der Waals surface area contributed by atoms with Crippen molar-refractivity contribution in [2.24, 2.45) is 0 Å². The van der Waals surface area contributed by atoms with Crippen LogP contribution >= 0.6 is 0 Å². The molecule has 0 spiro atoms. The summed E-state index contributed by atoms with van der Waals surface area (Å²) in [6, 6.07) is 3.29. The maximum atomic E-state index is 13.5. The number of piperidine rings is 1. The molecule has 114 valence electrons. The molecule has 1 unspecified atom stereocenters. The maximum absolute atomic E-state index is 13.5. The quantitative estimate of drug-likeness (QED) is 0.667. The molecule has 2 rings (SSSR count). The Labute approximate surface area is 121 Å². The van der Waals surface area contributed by atoms with E-state index in [0.29, 0.717) is 13.0 Å². The molecule has 7 heteroatoms. The molecule has 1 aliphatic rings. The minimum atomic E-state index is -0.894. The van der Waals surface area contributed by atoms with E-state index in [1.165, 1.54) is 0 Å². The first-order valence-electron chi connectivity index (χ1n) is 6.91. The number of nitrogens with zero attached hydrogens (tertiary/aromatic N) is 2. The van der Waals surface area contributed by atoms with Crippen LogP contribution in [0.3, 0.4) is 0 Å². The van der Waals surface area contributed by atoms with Crippen LogP contribution in [0.5, 0.6) is 0 Å². The largest absolute Gasteiger partial charge is 0.481 e. The highest BCUT2D eigenvalue weighted by Gasteiger charge is 2.28. The van der Waals surface area contributed by atoms with E-state index in [9.17, 15) is 19.3 Å². The van der Waals surface area contributed by atoms with Crippen molar-refractivity contribution < 1.29 is 19.2 Å². The summed E-state index contributed by atoms with van der Waals surface area (Å²) < 4.78 is 13.5. The minimum absolute atomic E-state index is 0.00425. The Morgan fingerprint density at radius 1 is 1.48 bits per heavy atom. The highest BCUT2D eigenvalue weighted by atomic mass is 19.1. The highest BCUT2D eigenvalue weighted by molar-refractivity contribution is 5.67. The van der Waals surface area contributed by atoms with E-state index < -0.39 is 16.7 Å². The second-order valence-electron chi connectivity index (χ2n) is 5.17. The zero-order valence-corrected chi connectivity index (χ0v) is 11.5. The summed E-state index contributed by atoms with van der Waals surface area (Å²) in [6.07, 6.45) is 2.98. The van der Waals surface area contributed by atoms with E-state index >= 15 is 0 Å². The summed E-state index contributed by atoms with van der Waals surface area (Å²) in [5.41, 5.74) is 0.105. The van der Waals surface area contributed by atoms with Gasteiger partial charge in [0.1, 0.15) is 11.5 Å². The molecule has 1 aromatic carbocycles. The molecule has 6 nitrogen and oxygen atoms in total. The Hall–Kier alpha value is -2.18. The van der Waals surface area contributed by atoms with E-state index in [0.717, 1.165) is 37.5 Å². The summed E-state index contributed by atoms with van der Waals surface area (Å²) in [7, 11) is 0. The first kappa shape index (κ1) is 15.2. The van der Waals surface area contributed by atoms with Crippen molar-refractivity contribution in [3.8, 4) is 0 Å². The number of aliphatic carboxylic acids is 1. The van der Waals surface area contributed by atoms with Crippen molar-refractivity contribution in [3.63, 3.8) is 0 Å². The second kappa shape index (κ2) is 6.51. The van der Waals surface area contributed by atoms with Gasteiger partial charge in [0.15, 0.2) is 0 Å². The molecule has 1 atom stereocenters. The molecule has 0 aliphatic carbocycles. The van der Waals surface area contributed by atoms with Crippen molar-refractivity contribution in [2.75, 3.05) is 11.4 Å². The van der Waals surface area contributed by atoms with Crippen LogP contribution < -0.4 is 4.90 Å². The first-order chi connectivity index (χ1) is 9.99. The van der Waals surface area contributed by atoms with E-state index in [2.05, 4.69) is 0 Å². The molecule has 0 aromatic heterocycles. The number of nitro benzene ring substituents is 1. The number of rotatable bonds is 5. The van der Waals surface area contributed by atoms with Crippen LogP contribution in [0.4, 0.5) is 15.8 Å². The average Bonchev–Trinajstić information content (AvgIpc) is 2.45. The topological polar surface area (TPSA) is 83.7 Å². The third kappa shape index (κ3) is 3.68. The molecule has 1 fully saturated rings. The molecule has 0 radical (unpaired) electrons. The van der Waals surface area contributed by atoms with Crippen LogP contribution in [-0.4, -0.2) is 28.6 Å². The molecule has 1 saturated heterocycles. The number of carboxylic acid groups (broad SMARTS) is 1. The summed E-state index contributed by atoms with van der Waals surface area (Å²) in [5, 5.41) is 19.9. The van der Waals surface area contributed by atoms with Crippen LogP contribution in [0.15, 0.2) is 18.2 Å². The van der Waals surface area contributed by atoms with Crippen LogP contribution in [0.2, 0.25) is 0 Å². The normalized spacial score (nSPS) is 18.5. The second-order valence-corrected chi connectivity index (χ2v) is 5.17. The summed E-state index contributed by atoms with van der Waals surface area (Å²) >= 11 is 0. The van der Waals surface area contributed by atoms with Gasteiger partial charge in [0.05, 0.1) is 4.92 Å². The molecule has 0 bridgehead atoms. The molecule has 21 heavy (non-hydrogen) atoms. The van der Waals surface area contributed by atoms with E-state index in [1.807, 2.05) is 0 Å². The third-order valence-corrected chi connectivity index (χ3v) is 3.76. The Bertz CT molecular complexity index is 550. The minimum Gasteiger partial charge on any atom is -0.481 e. The monoisotopic (exact) mass is 296 g/mol.